The molecule has 0 aliphatic heterocycles. The monoisotopic (exact) mass is 458 g/mol. The van der Waals surface area contributed by atoms with E-state index in [1.807, 2.05) is 0 Å². The Labute approximate surface area is 193 Å². The third kappa shape index (κ3) is 7.85. The SMILES string of the molecule is C1CCC(N[P+](NC2CCCCC2)(NC2CCCCC2)NC2CCCCC2)CC1.[Cl-]. The van der Waals surface area contributed by atoms with Crippen LogP contribution in [0.15, 0.2) is 0 Å². The largest absolute Gasteiger partial charge is 1.00 e. The van der Waals surface area contributed by atoms with Crippen molar-refractivity contribution in [1.29, 1.82) is 0 Å². The molecule has 0 unspecified atom stereocenters. The third-order valence-corrected chi connectivity index (χ3v) is 10.9. The summed E-state index contributed by atoms with van der Waals surface area (Å²) in [6.07, 6.45) is 28.0. The van der Waals surface area contributed by atoms with E-state index >= 15 is 0 Å². The van der Waals surface area contributed by atoms with Gasteiger partial charge in [0.05, 0.1) is 0 Å². The quantitative estimate of drug-likeness (QED) is 0.421. The van der Waals surface area contributed by atoms with Gasteiger partial charge in [0.1, 0.15) is 0 Å². The molecule has 176 valence electrons. The molecule has 4 rings (SSSR count). The van der Waals surface area contributed by atoms with E-state index in [4.69, 9.17) is 0 Å². The lowest BCUT2D eigenvalue weighted by Gasteiger charge is -2.40. The van der Waals surface area contributed by atoms with E-state index in [0.29, 0.717) is 24.2 Å². The fourth-order valence-corrected chi connectivity index (χ4v) is 9.92. The zero-order valence-electron chi connectivity index (χ0n) is 19.3. The van der Waals surface area contributed by atoms with E-state index in [1.165, 1.54) is 128 Å². The average Bonchev–Trinajstić information content (AvgIpc) is 2.76. The number of halogens is 1. The van der Waals surface area contributed by atoms with Crippen LogP contribution in [-0.4, -0.2) is 24.2 Å². The van der Waals surface area contributed by atoms with Crippen LogP contribution >= 0.6 is 7.87 Å². The number of nitrogens with one attached hydrogen (secondary N) is 4. The molecule has 0 saturated heterocycles. The molecule has 4 aliphatic carbocycles. The van der Waals surface area contributed by atoms with E-state index < -0.39 is 7.87 Å². The highest BCUT2D eigenvalue weighted by Crippen LogP contribution is 2.48. The molecule has 4 saturated carbocycles. The first-order chi connectivity index (χ1) is 14.3. The van der Waals surface area contributed by atoms with Gasteiger partial charge < -0.3 is 12.4 Å². The van der Waals surface area contributed by atoms with Gasteiger partial charge in [-0.2, -0.15) is 0 Å². The zero-order valence-corrected chi connectivity index (χ0v) is 20.9. The predicted octanol–water partition coefficient (Wildman–Crippen LogP) is 3.36. The van der Waals surface area contributed by atoms with Gasteiger partial charge in [-0.1, -0.05) is 77.0 Å². The van der Waals surface area contributed by atoms with Gasteiger partial charge in [-0.25, -0.2) is 0 Å². The van der Waals surface area contributed by atoms with Crippen LogP contribution in [0.25, 0.3) is 0 Å². The van der Waals surface area contributed by atoms with Crippen molar-refractivity contribution in [3.05, 3.63) is 0 Å². The molecule has 0 aromatic carbocycles. The van der Waals surface area contributed by atoms with Gasteiger partial charge in [-0.15, -0.1) is 20.3 Å². The minimum Gasteiger partial charge on any atom is -1.00 e. The van der Waals surface area contributed by atoms with Gasteiger partial charge in [0.2, 0.25) is 0 Å². The van der Waals surface area contributed by atoms with Crippen LogP contribution in [0.4, 0.5) is 0 Å². The molecule has 4 aliphatic rings. The predicted molar refractivity (Wildman–Crippen MR) is 127 cm³/mol. The minimum atomic E-state index is -1.77. The smallest absolute Gasteiger partial charge is 0.299 e. The van der Waals surface area contributed by atoms with Crippen LogP contribution in [0, 0.1) is 0 Å². The van der Waals surface area contributed by atoms with E-state index in [2.05, 4.69) is 20.3 Å². The Morgan fingerprint density at radius 3 is 0.733 bits per heavy atom. The lowest BCUT2D eigenvalue weighted by molar-refractivity contribution is -0.00000714. The molecule has 0 heterocycles. The van der Waals surface area contributed by atoms with Crippen LogP contribution < -0.4 is 32.8 Å². The average molecular weight is 459 g/mol. The summed E-state index contributed by atoms with van der Waals surface area (Å²) in [4.78, 5) is 0. The van der Waals surface area contributed by atoms with Crippen molar-refractivity contribution in [2.45, 2.75) is 153 Å². The highest BCUT2D eigenvalue weighted by Gasteiger charge is 2.47. The summed E-state index contributed by atoms with van der Waals surface area (Å²) in [5.74, 6) is 0. The number of hydrogen-bond acceptors (Lipinski definition) is 4. The summed E-state index contributed by atoms with van der Waals surface area (Å²) >= 11 is 0. The second-order valence-corrected chi connectivity index (χ2v) is 12.9. The molecular weight excluding hydrogens is 411 g/mol. The Hall–Kier alpha value is 0.560. The Morgan fingerprint density at radius 1 is 0.333 bits per heavy atom. The van der Waals surface area contributed by atoms with Crippen LogP contribution in [-0.2, 0) is 0 Å². The maximum atomic E-state index is 4.29. The van der Waals surface area contributed by atoms with Crippen molar-refractivity contribution >= 4 is 7.87 Å². The van der Waals surface area contributed by atoms with E-state index in [-0.39, 0.29) is 12.4 Å². The second-order valence-electron chi connectivity index (χ2n) is 10.5. The molecule has 4 N–H and O–H groups in total. The zero-order chi connectivity index (χ0) is 19.8. The topological polar surface area (TPSA) is 48.1 Å². The van der Waals surface area contributed by atoms with Crippen molar-refractivity contribution in [1.82, 2.24) is 20.3 Å². The van der Waals surface area contributed by atoms with Crippen molar-refractivity contribution < 1.29 is 12.4 Å². The molecular formula is C24H48ClN4P. The summed E-state index contributed by atoms with van der Waals surface area (Å²) < 4.78 is 0. The van der Waals surface area contributed by atoms with Crippen LogP contribution in [0.5, 0.6) is 0 Å². The second kappa shape index (κ2) is 13.3. The van der Waals surface area contributed by atoms with Gasteiger partial charge in [0, 0.05) is 24.2 Å². The molecule has 30 heavy (non-hydrogen) atoms. The van der Waals surface area contributed by atoms with Crippen molar-refractivity contribution in [3.8, 4) is 0 Å². The molecule has 4 nitrogen and oxygen atoms in total. The molecule has 0 atom stereocenters. The maximum absolute atomic E-state index is 4.29. The molecule has 0 bridgehead atoms. The molecule has 0 aromatic rings. The van der Waals surface area contributed by atoms with Gasteiger partial charge >= 0.3 is 0 Å². The standard InChI is InChI=1S/C24H48N4P.ClH/c1-5-13-21(14-6-1)25-29(26-22-15-7-2-8-16-22,27-23-17-9-3-10-18-23)28-24-19-11-4-12-20-24;/h21-28H,1-20H2;1H/q+1;/p-1. The van der Waals surface area contributed by atoms with E-state index in [1.54, 1.807) is 0 Å². The fraction of sp³-hybridized carbons (Fsp3) is 1.00. The van der Waals surface area contributed by atoms with Gasteiger partial charge in [-0.3, -0.25) is 0 Å². The van der Waals surface area contributed by atoms with Crippen LogP contribution in [0.1, 0.15) is 128 Å². The lowest BCUT2D eigenvalue weighted by atomic mass is 9.96. The molecule has 4 fully saturated rings. The third-order valence-electron chi connectivity index (χ3n) is 7.93. The maximum Gasteiger partial charge on any atom is 0.299 e. The summed E-state index contributed by atoms with van der Waals surface area (Å²) in [5.41, 5.74) is 0. The first-order valence-corrected chi connectivity index (χ1v) is 15.1. The minimum absolute atomic E-state index is 0. The van der Waals surface area contributed by atoms with Crippen molar-refractivity contribution in [2.75, 3.05) is 0 Å². The van der Waals surface area contributed by atoms with E-state index in [0.717, 1.165) is 0 Å². The van der Waals surface area contributed by atoms with Crippen LogP contribution in [0.3, 0.4) is 0 Å². The molecule has 0 amide bonds. The molecule has 0 aromatic heterocycles. The highest BCUT2D eigenvalue weighted by atomic mass is 35.5. The van der Waals surface area contributed by atoms with Gasteiger partial charge in [-0.05, 0) is 51.4 Å². The first kappa shape index (κ1) is 25.2. The van der Waals surface area contributed by atoms with Gasteiger partial charge in [0.25, 0.3) is 7.87 Å². The Morgan fingerprint density at radius 2 is 0.533 bits per heavy atom. The number of hydrogen-bond donors (Lipinski definition) is 4. The fourth-order valence-electron chi connectivity index (χ4n) is 6.25. The summed E-state index contributed by atoms with van der Waals surface area (Å²) in [6.45, 7) is 0. The van der Waals surface area contributed by atoms with Crippen molar-refractivity contribution in [2.24, 2.45) is 0 Å². The summed E-state index contributed by atoms with van der Waals surface area (Å²) in [7, 11) is -1.77. The Bertz CT molecular complexity index is 371. The van der Waals surface area contributed by atoms with Crippen LogP contribution in [0.2, 0.25) is 0 Å². The van der Waals surface area contributed by atoms with E-state index in [9.17, 15) is 0 Å². The lowest BCUT2D eigenvalue weighted by Crippen LogP contribution is -3.00. The summed E-state index contributed by atoms with van der Waals surface area (Å²) in [5, 5.41) is 17.2. The normalized spacial score (nSPS) is 26.4. The molecule has 0 radical (unpaired) electrons. The highest BCUT2D eigenvalue weighted by molar-refractivity contribution is 7.68. The Balaban J connectivity index is 0.00000256. The van der Waals surface area contributed by atoms with Crippen molar-refractivity contribution in [3.63, 3.8) is 0 Å². The summed E-state index contributed by atoms with van der Waals surface area (Å²) in [6, 6.07) is 2.78. The first-order valence-electron chi connectivity index (χ1n) is 13.3. The number of rotatable bonds is 8. The Kier molecular flexibility index (Phi) is 11.2. The molecule has 6 heteroatoms. The molecule has 0 spiro atoms. The van der Waals surface area contributed by atoms with Gasteiger partial charge in [0.15, 0.2) is 0 Å².